The minimum atomic E-state index is 0.165. The van der Waals surface area contributed by atoms with Gasteiger partial charge < -0.3 is 10.6 Å². The molecule has 1 aromatic carbocycles. The maximum Gasteiger partial charge on any atom is 0.124 e. The Balaban J connectivity index is 2.16. The lowest BCUT2D eigenvalue weighted by Gasteiger charge is -2.42. The predicted molar refractivity (Wildman–Crippen MR) is 81.9 cm³/mol. The van der Waals surface area contributed by atoms with Crippen molar-refractivity contribution in [3.8, 4) is 0 Å². The molecule has 0 saturated carbocycles. The van der Waals surface area contributed by atoms with Crippen molar-refractivity contribution in [3.63, 3.8) is 0 Å². The fourth-order valence-corrected chi connectivity index (χ4v) is 3.16. The van der Waals surface area contributed by atoms with Crippen molar-refractivity contribution in [2.45, 2.75) is 39.5 Å². The molecule has 0 radical (unpaired) electrons. The van der Waals surface area contributed by atoms with Crippen molar-refractivity contribution in [1.29, 1.82) is 5.41 Å². The third kappa shape index (κ3) is 2.75. The minimum absolute atomic E-state index is 0.165. The van der Waals surface area contributed by atoms with Crippen LogP contribution in [-0.2, 0) is 0 Å². The number of hydrogen-bond acceptors (Lipinski definition) is 2. The standard InChI is InChI=1S/C16H25N3/c1-3-16(4-2)9-11-19(12-10-16)14-8-6-5-7-13(14)15(17)18/h5-8H,3-4,9-12H2,1-2H3,(H3,17,18). The number of anilines is 1. The molecule has 0 spiro atoms. The van der Waals surface area contributed by atoms with Gasteiger partial charge in [-0.15, -0.1) is 0 Å². The summed E-state index contributed by atoms with van der Waals surface area (Å²) in [5.74, 6) is 0.165. The van der Waals surface area contributed by atoms with Crippen molar-refractivity contribution in [2.24, 2.45) is 11.1 Å². The lowest BCUT2D eigenvalue weighted by molar-refractivity contribution is 0.199. The highest BCUT2D eigenvalue weighted by molar-refractivity contribution is 6.00. The summed E-state index contributed by atoms with van der Waals surface area (Å²) in [5.41, 5.74) is 8.20. The second-order valence-electron chi connectivity index (χ2n) is 5.62. The molecule has 0 unspecified atom stereocenters. The molecule has 3 N–H and O–H groups in total. The molecule has 1 saturated heterocycles. The maximum atomic E-state index is 7.70. The van der Waals surface area contributed by atoms with E-state index >= 15 is 0 Å². The molecule has 3 heteroatoms. The van der Waals surface area contributed by atoms with E-state index in [4.69, 9.17) is 11.1 Å². The zero-order valence-corrected chi connectivity index (χ0v) is 12.1. The van der Waals surface area contributed by atoms with Gasteiger partial charge in [0, 0.05) is 24.3 Å². The van der Waals surface area contributed by atoms with Gasteiger partial charge in [0.05, 0.1) is 0 Å². The van der Waals surface area contributed by atoms with E-state index in [-0.39, 0.29) is 5.84 Å². The lowest BCUT2D eigenvalue weighted by Crippen LogP contribution is -2.40. The van der Waals surface area contributed by atoms with Crippen molar-refractivity contribution in [1.82, 2.24) is 0 Å². The summed E-state index contributed by atoms with van der Waals surface area (Å²) < 4.78 is 0. The fourth-order valence-electron chi connectivity index (χ4n) is 3.16. The number of para-hydroxylation sites is 1. The van der Waals surface area contributed by atoms with Crippen molar-refractivity contribution in [2.75, 3.05) is 18.0 Å². The smallest absolute Gasteiger partial charge is 0.124 e. The summed E-state index contributed by atoms with van der Waals surface area (Å²) in [6.45, 7) is 6.77. The molecule has 1 heterocycles. The second-order valence-corrected chi connectivity index (χ2v) is 5.62. The van der Waals surface area contributed by atoms with E-state index in [0.717, 1.165) is 24.3 Å². The first-order valence-corrected chi connectivity index (χ1v) is 7.30. The molecule has 1 fully saturated rings. The van der Waals surface area contributed by atoms with Crippen LogP contribution in [0.2, 0.25) is 0 Å². The SMILES string of the molecule is CCC1(CC)CCN(c2ccccc2C(=N)N)CC1. The lowest BCUT2D eigenvalue weighted by atomic mass is 9.74. The topological polar surface area (TPSA) is 53.1 Å². The van der Waals surface area contributed by atoms with Gasteiger partial charge >= 0.3 is 0 Å². The largest absolute Gasteiger partial charge is 0.384 e. The van der Waals surface area contributed by atoms with E-state index in [2.05, 4.69) is 24.8 Å². The molecule has 0 atom stereocenters. The van der Waals surface area contributed by atoms with Gasteiger partial charge in [-0.25, -0.2) is 0 Å². The van der Waals surface area contributed by atoms with E-state index in [1.54, 1.807) is 0 Å². The Morgan fingerprint density at radius 2 is 1.79 bits per heavy atom. The Labute approximate surface area is 116 Å². The monoisotopic (exact) mass is 259 g/mol. The first-order valence-electron chi connectivity index (χ1n) is 7.30. The second kappa shape index (κ2) is 5.64. The number of hydrogen-bond donors (Lipinski definition) is 2. The van der Waals surface area contributed by atoms with Crippen molar-refractivity contribution in [3.05, 3.63) is 29.8 Å². The van der Waals surface area contributed by atoms with E-state index < -0.39 is 0 Å². The zero-order chi connectivity index (χ0) is 13.9. The van der Waals surface area contributed by atoms with Gasteiger partial charge in [-0.1, -0.05) is 38.8 Å². The van der Waals surface area contributed by atoms with E-state index in [1.807, 2.05) is 18.2 Å². The number of benzene rings is 1. The fraction of sp³-hybridized carbons (Fsp3) is 0.562. The van der Waals surface area contributed by atoms with Crippen LogP contribution in [-0.4, -0.2) is 18.9 Å². The average Bonchev–Trinajstić information content (AvgIpc) is 2.47. The number of nitrogens with zero attached hydrogens (tertiary/aromatic N) is 1. The Kier molecular flexibility index (Phi) is 4.13. The van der Waals surface area contributed by atoms with Gasteiger partial charge in [-0.2, -0.15) is 0 Å². The third-order valence-electron chi connectivity index (χ3n) is 4.86. The van der Waals surface area contributed by atoms with Crippen LogP contribution in [0, 0.1) is 10.8 Å². The summed E-state index contributed by atoms with van der Waals surface area (Å²) in [6.07, 6.45) is 5.02. The minimum Gasteiger partial charge on any atom is -0.384 e. The van der Waals surface area contributed by atoms with Gasteiger partial charge in [0.15, 0.2) is 0 Å². The predicted octanol–water partition coefficient (Wildman–Crippen LogP) is 3.38. The summed E-state index contributed by atoms with van der Waals surface area (Å²) in [6, 6.07) is 8.01. The van der Waals surface area contributed by atoms with Gasteiger partial charge in [0.2, 0.25) is 0 Å². The first kappa shape index (κ1) is 13.9. The molecular weight excluding hydrogens is 234 g/mol. The Morgan fingerprint density at radius 3 is 2.32 bits per heavy atom. The average molecular weight is 259 g/mol. The van der Waals surface area contributed by atoms with Crippen molar-refractivity contribution >= 4 is 11.5 Å². The highest BCUT2D eigenvalue weighted by atomic mass is 15.1. The van der Waals surface area contributed by atoms with Crippen LogP contribution in [0.4, 0.5) is 5.69 Å². The van der Waals surface area contributed by atoms with Gasteiger partial charge in [-0.3, -0.25) is 5.41 Å². The quantitative estimate of drug-likeness (QED) is 0.643. The van der Waals surface area contributed by atoms with Crippen LogP contribution < -0.4 is 10.6 Å². The summed E-state index contributed by atoms with van der Waals surface area (Å²) in [5, 5.41) is 7.70. The molecule has 1 aliphatic rings. The number of nitrogens with two attached hydrogens (primary N) is 1. The summed E-state index contributed by atoms with van der Waals surface area (Å²) >= 11 is 0. The zero-order valence-electron chi connectivity index (χ0n) is 12.1. The van der Waals surface area contributed by atoms with Crippen molar-refractivity contribution < 1.29 is 0 Å². The van der Waals surface area contributed by atoms with Crippen LogP contribution in [0.3, 0.4) is 0 Å². The Morgan fingerprint density at radius 1 is 1.21 bits per heavy atom. The molecule has 0 aromatic heterocycles. The molecule has 2 rings (SSSR count). The molecule has 0 bridgehead atoms. The van der Waals surface area contributed by atoms with Crippen LogP contribution in [0.1, 0.15) is 45.1 Å². The van der Waals surface area contributed by atoms with Crippen LogP contribution in [0.25, 0.3) is 0 Å². The van der Waals surface area contributed by atoms with E-state index in [0.29, 0.717) is 5.41 Å². The highest BCUT2D eigenvalue weighted by Crippen LogP contribution is 2.39. The number of rotatable bonds is 4. The molecular formula is C16H25N3. The van der Waals surface area contributed by atoms with Gasteiger partial charge in [0.25, 0.3) is 0 Å². The first-order chi connectivity index (χ1) is 9.12. The van der Waals surface area contributed by atoms with Crippen LogP contribution in [0.15, 0.2) is 24.3 Å². The summed E-state index contributed by atoms with van der Waals surface area (Å²) in [7, 11) is 0. The van der Waals surface area contributed by atoms with E-state index in [1.165, 1.54) is 25.7 Å². The number of nitrogen functional groups attached to an aromatic ring is 1. The third-order valence-corrected chi connectivity index (χ3v) is 4.86. The Bertz CT molecular complexity index is 439. The normalized spacial score (nSPS) is 18.3. The molecule has 1 aromatic rings. The van der Waals surface area contributed by atoms with Crippen LogP contribution >= 0.6 is 0 Å². The molecule has 0 amide bonds. The Hall–Kier alpha value is -1.51. The van der Waals surface area contributed by atoms with E-state index in [9.17, 15) is 0 Å². The molecule has 1 aliphatic heterocycles. The number of amidine groups is 1. The maximum absolute atomic E-state index is 7.70. The molecule has 104 valence electrons. The number of piperidine rings is 1. The molecule has 0 aliphatic carbocycles. The molecule has 19 heavy (non-hydrogen) atoms. The summed E-state index contributed by atoms with van der Waals surface area (Å²) in [4.78, 5) is 2.39. The molecule has 3 nitrogen and oxygen atoms in total. The number of nitrogens with one attached hydrogen (secondary N) is 1. The van der Waals surface area contributed by atoms with Gasteiger partial charge in [0.1, 0.15) is 5.84 Å². The highest BCUT2D eigenvalue weighted by Gasteiger charge is 2.31. The van der Waals surface area contributed by atoms with Crippen LogP contribution in [0.5, 0.6) is 0 Å². The van der Waals surface area contributed by atoms with Gasteiger partial charge in [-0.05, 0) is 30.4 Å².